The zero-order valence-electron chi connectivity index (χ0n) is 8.98. The van der Waals surface area contributed by atoms with Crippen molar-refractivity contribution in [3.05, 3.63) is 0 Å². The van der Waals surface area contributed by atoms with Crippen LogP contribution in [-0.4, -0.2) is 17.0 Å². The Morgan fingerprint density at radius 2 is 1.62 bits per heavy atom. The van der Waals surface area contributed by atoms with Crippen molar-refractivity contribution in [3.63, 3.8) is 0 Å². The standard InChI is InChI=1S/C11H23BrO/c1-11(2,8-10-13)7-5-3-4-6-9-12/h13H,3-10H2,1-2H3. The summed E-state index contributed by atoms with van der Waals surface area (Å²) in [5.74, 6) is 0. The van der Waals surface area contributed by atoms with Gasteiger partial charge in [0.2, 0.25) is 0 Å². The zero-order valence-corrected chi connectivity index (χ0v) is 10.6. The van der Waals surface area contributed by atoms with Gasteiger partial charge in [0.25, 0.3) is 0 Å². The molecule has 0 aliphatic rings. The molecule has 0 unspecified atom stereocenters. The van der Waals surface area contributed by atoms with Crippen molar-refractivity contribution in [2.75, 3.05) is 11.9 Å². The molecule has 0 atom stereocenters. The smallest absolute Gasteiger partial charge is 0.0436 e. The van der Waals surface area contributed by atoms with E-state index < -0.39 is 0 Å². The fourth-order valence-corrected chi connectivity index (χ4v) is 1.88. The van der Waals surface area contributed by atoms with Crippen molar-refractivity contribution < 1.29 is 5.11 Å². The van der Waals surface area contributed by atoms with Crippen LogP contribution in [-0.2, 0) is 0 Å². The highest BCUT2D eigenvalue weighted by Crippen LogP contribution is 2.27. The van der Waals surface area contributed by atoms with Crippen LogP contribution in [0.3, 0.4) is 0 Å². The van der Waals surface area contributed by atoms with Crippen LogP contribution in [0, 0.1) is 5.41 Å². The molecule has 0 spiro atoms. The van der Waals surface area contributed by atoms with Crippen molar-refractivity contribution in [1.29, 1.82) is 0 Å². The highest BCUT2D eigenvalue weighted by atomic mass is 79.9. The molecule has 0 aliphatic heterocycles. The summed E-state index contributed by atoms with van der Waals surface area (Å²) in [4.78, 5) is 0. The van der Waals surface area contributed by atoms with Crippen LogP contribution in [0.1, 0.15) is 52.4 Å². The molecule has 0 rings (SSSR count). The van der Waals surface area contributed by atoms with Gasteiger partial charge in [0.15, 0.2) is 0 Å². The summed E-state index contributed by atoms with van der Waals surface area (Å²) in [6.07, 6.45) is 7.45. The fourth-order valence-electron chi connectivity index (χ4n) is 1.48. The lowest BCUT2D eigenvalue weighted by atomic mass is 9.84. The molecule has 0 saturated carbocycles. The number of hydrogen-bond acceptors (Lipinski definition) is 1. The van der Waals surface area contributed by atoms with E-state index in [4.69, 9.17) is 5.11 Å². The van der Waals surface area contributed by atoms with E-state index in [-0.39, 0.29) is 0 Å². The summed E-state index contributed by atoms with van der Waals surface area (Å²) >= 11 is 3.43. The average molecular weight is 251 g/mol. The lowest BCUT2D eigenvalue weighted by Crippen LogP contribution is -2.12. The number of unbranched alkanes of at least 4 members (excludes halogenated alkanes) is 3. The van der Waals surface area contributed by atoms with Crippen molar-refractivity contribution in [2.24, 2.45) is 5.41 Å². The van der Waals surface area contributed by atoms with E-state index in [2.05, 4.69) is 29.8 Å². The molecule has 2 heteroatoms. The van der Waals surface area contributed by atoms with Crippen molar-refractivity contribution in [1.82, 2.24) is 0 Å². The van der Waals surface area contributed by atoms with Crippen LogP contribution in [0.15, 0.2) is 0 Å². The van der Waals surface area contributed by atoms with Gasteiger partial charge < -0.3 is 5.11 Å². The SMILES string of the molecule is CC(C)(CCO)CCCCCCBr. The Kier molecular flexibility index (Phi) is 8.07. The average Bonchev–Trinajstić information content (AvgIpc) is 2.04. The van der Waals surface area contributed by atoms with Crippen LogP contribution in [0.25, 0.3) is 0 Å². The van der Waals surface area contributed by atoms with Gasteiger partial charge in [-0.15, -0.1) is 0 Å². The van der Waals surface area contributed by atoms with E-state index in [1.807, 2.05) is 0 Å². The predicted octanol–water partition coefficient (Wildman–Crippen LogP) is 3.74. The van der Waals surface area contributed by atoms with Crippen molar-refractivity contribution >= 4 is 15.9 Å². The summed E-state index contributed by atoms with van der Waals surface area (Å²) in [7, 11) is 0. The summed E-state index contributed by atoms with van der Waals surface area (Å²) in [6.45, 7) is 4.82. The number of hydrogen-bond donors (Lipinski definition) is 1. The molecule has 0 bridgehead atoms. The molecule has 1 N–H and O–H groups in total. The van der Waals surface area contributed by atoms with E-state index in [1.165, 1.54) is 32.1 Å². The minimum Gasteiger partial charge on any atom is -0.396 e. The third kappa shape index (κ3) is 8.76. The lowest BCUT2D eigenvalue weighted by molar-refractivity contribution is 0.198. The van der Waals surface area contributed by atoms with E-state index in [9.17, 15) is 0 Å². The second kappa shape index (κ2) is 7.81. The van der Waals surface area contributed by atoms with Gasteiger partial charge in [0, 0.05) is 11.9 Å². The van der Waals surface area contributed by atoms with Gasteiger partial charge >= 0.3 is 0 Å². The minimum absolute atomic E-state index is 0.328. The first kappa shape index (κ1) is 13.4. The van der Waals surface area contributed by atoms with Gasteiger partial charge in [-0.25, -0.2) is 0 Å². The van der Waals surface area contributed by atoms with Gasteiger partial charge in [-0.1, -0.05) is 49.0 Å². The molecular weight excluding hydrogens is 228 g/mol. The Labute approximate surface area is 91.1 Å². The summed E-state index contributed by atoms with van der Waals surface area (Å²) in [5.41, 5.74) is 0.336. The van der Waals surface area contributed by atoms with Gasteiger partial charge in [0.05, 0.1) is 0 Å². The maximum absolute atomic E-state index is 8.84. The van der Waals surface area contributed by atoms with Crippen LogP contribution in [0.2, 0.25) is 0 Å². The fraction of sp³-hybridized carbons (Fsp3) is 1.00. The van der Waals surface area contributed by atoms with E-state index in [0.717, 1.165) is 11.8 Å². The number of rotatable bonds is 8. The summed E-state index contributed by atoms with van der Waals surface area (Å²) in [6, 6.07) is 0. The first-order valence-electron chi connectivity index (χ1n) is 5.29. The largest absolute Gasteiger partial charge is 0.396 e. The zero-order chi connectivity index (χ0) is 10.2. The molecule has 0 radical (unpaired) electrons. The normalized spacial score (nSPS) is 12.0. The van der Waals surface area contributed by atoms with Gasteiger partial charge in [-0.05, 0) is 24.7 Å². The van der Waals surface area contributed by atoms with Gasteiger partial charge in [0.1, 0.15) is 0 Å². The number of aliphatic hydroxyl groups excluding tert-OH is 1. The molecule has 0 aromatic carbocycles. The van der Waals surface area contributed by atoms with Crippen LogP contribution < -0.4 is 0 Å². The Hall–Kier alpha value is 0.440. The van der Waals surface area contributed by atoms with Crippen molar-refractivity contribution in [2.45, 2.75) is 52.4 Å². The third-order valence-corrected chi connectivity index (χ3v) is 3.09. The summed E-state index contributed by atoms with van der Waals surface area (Å²) in [5, 5.41) is 9.97. The quantitative estimate of drug-likeness (QED) is 0.514. The summed E-state index contributed by atoms with van der Waals surface area (Å²) < 4.78 is 0. The molecule has 0 heterocycles. The third-order valence-electron chi connectivity index (χ3n) is 2.53. The number of alkyl halides is 1. The Balaban J connectivity index is 3.29. The highest BCUT2D eigenvalue weighted by molar-refractivity contribution is 9.09. The molecule has 0 aliphatic carbocycles. The maximum atomic E-state index is 8.84. The monoisotopic (exact) mass is 250 g/mol. The predicted molar refractivity (Wildman–Crippen MR) is 62.4 cm³/mol. The Morgan fingerprint density at radius 1 is 1.00 bits per heavy atom. The second-order valence-corrected chi connectivity index (χ2v) is 5.28. The molecule has 0 saturated heterocycles. The Bertz CT molecular complexity index is 113. The van der Waals surface area contributed by atoms with Crippen LogP contribution in [0.4, 0.5) is 0 Å². The lowest BCUT2D eigenvalue weighted by Gasteiger charge is -2.23. The van der Waals surface area contributed by atoms with Crippen LogP contribution >= 0.6 is 15.9 Å². The molecule has 0 fully saturated rings. The van der Waals surface area contributed by atoms with Crippen molar-refractivity contribution in [3.8, 4) is 0 Å². The number of aliphatic hydroxyl groups is 1. The first-order chi connectivity index (χ1) is 6.12. The van der Waals surface area contributed by atoms with Gasteiger partial charge in [-0.3, -0.25) is 0 Å². The topological polar surface area (TPSA) is 20.2 Å². The first-order valence-corrected chi connectivity index (χ1v) is 6.41. The minimum atomic E-state index is 0.328. The maximum Gasteiger partial charge on any atom is 0.0436 e. The van der Waals surface area contributed by atoms with E-state index >= 15 is 0 Å². The Morgan fingerprint density at radius 3 is 2.15 bits per heavy atom. The van der Waals surface area contributed by atoms with E-state index in [0.29, 0.717) is 12.0 Å². The molecule has 80 valence electrons. The molecule has 13 heavy (non-hydrogen) atoms. The molecule has 0 amide bonds. The van der Waals surface area contributed by atoms with E-state index in [1.54, 1.807) is 0 Å². The number of halogens is 1. The molecule has 0 aromatic rings. The molecular formula is C11H23BrO. The second-order valence-electron chi connectivity index (χ2n) is 4.49. The molecule has 1 nitrogen and oxygen atoms in total. The molecule has 0 aromatic heterocycles. The highest BCUT2D eigenvalue weighted by Gasteiger charge is 2.15. The van der Waals surface area contributed by atoms with Crippen LogP contribution in [0.5, 0.6) is 0 Å². The van der Waals surface area contributed by atoms with Gasteiger partial charge in [-0.2, -0.15) is 0 Å².